The molecular weight excluding hydrogens is 607 g/mol. The predicted molar refractivity (Wildman–Crippen MR) is 156 cm³/mol. The smallest absolute Gasteiger partial charge is 0.224 e. The van der Waals surface area contributed by atoms with E-state index in [1.165, 1.54) is 83.5 Å². The fraction of sp³-hybridized carbons (Fsp3) is 0.625. The number of aromatic nitrogens is 1. The van der Waals surface area contributed by atoms with Gasteiger partial charge in [-0.15, -0.1) is 0 Å². The van der Waals surface area contributed by atoms with Gasteiger partial charge in [0.1, 0.15) is 12.3 Å². The molecule has 0 saturated heterocycles. The number of benzene rings is 1. The Kier molecular flexibility index (Phi) is 19.6. The molecule has 1 amide bonds. The average molecular weight is 657 g/mol. The second-order valence-corrected chi connectivity index (χ2v) is 10.6. The lowest BCUT2D eigenvalue weighted by Crippen LogP contribution is -3.00. The molecule has 0 spiro atoms. The first-order valence-corrected chi connectivity index (χ1v) is 15.1. The third-order valence-electron chi connectivity index (χ3n) is 7.03. The van der Waals surface area contributed by atoms with Crippen LogP contribution in [0, 0.1) is 0 Å². The molecule has 0 atom stereocenters. The molecule has 0 aliphatic heterocycles. The zero-order valence-electron chi connectivity index (χ0n) is 24.0. The number of halogens is 2. The van der Waals surface area contributed by atoms with Crippen LogP contribution in [-0.2, 0) is 17.9 Å². The Labute approximate surface area is 254 Å². The van der Waals surface area contributed by atoms with Crippen LogP contribution in [0.4, 0.5) is 5.69 Å². The molecular formula is C32H50ClIN2O2. The van der Waals surface area contributed by atoms with Crippen molar-refractivity contribution in [3.8, 4) is 5.75 Å². The van der Waals surface area contributed by atoms with E-state index in [9.17, 15) is 4.79 Å². The summed E-state index contributed by atoms with van der Waals surface area (Å²) in [5.74, 6) is 0.673. The first kappa shape index (κ1) is 34.7. The highest BCUT2D eigenvalue weighted by atomic mass is 127. The van der Waals surface area contributed by atoms with Crippen LogP contribution in [0.1, 0.15) is 116 Å². The van der Waals surface area contributed by atoms with Crippen LogP contribution in [0.5, 0.6) is 5.75 Å². The quantitative estimate of drug-likeness (QED) is 0.0986. The van der Waals surface area contributed by atoms with E-state index in [0.717, 1.165) is 24.2 Å². The number of carbonyl (C=O) groups is 1. The van der Waals surface area contributed by atoms with E-state index in [-0.39, 0.29) is 29.9 Å². The molecule has 2 rings (SSSR count). The molecule has 0 aliphatic rings. The molecule has 2 aromatic rings. The Balaban J connectivity index is 0.00000722. The van der Waals surface area contributed by atoms with Gasteiger partial charge in [0.05, 0.1) is 18.2 Å². The Hall–Kier alpha value is -1.34. The summed E-state index contributed by atoms with van der Waals surface area (Å²) < 4.78 is 8.04. The zero-order valence-corrected chi connectivity index (χ0v) is 26.9. The van der Waals surface area contributed by atoms with Gasteiger partial charge in [-0.25, -0.2) is 4.57 Å². The number of rotatable bonds is 20. The lowest BCUT2D eigenvalue weighted by atomic mass is 10.0. The molecule has 1 aromatic heterocycles. The number of anilines is 1. The van der Waals surface area contributed by atoms with Crippen molar-refractivity contribution < 1.29 is 38.1 Å². The van der Waals surface area contributed by atoms with Gasteiger partial charge in [0.15, 0.2) is 12.4 Å². The highest BCUT2D eigenvalue weighted by Gasteiger charge is 2.15. The van der Waals surface area contributed by atoms with Crippen LogP contribution in [-0.4, -0.2) is 12.5 Å². The molecule has 38 heavy (non-hydrogen) atoms. The number of aryl methyl sites for hydroxylation is 1. The fourth-order valence-corrected chi connectivity index (χ4v) is 4.85. The molecule has 214 valence electrons. The summed E-state index contributed by atoms with van der Waals surface area (Å²) in [4.78, 5) is 14.1. The maximum atomic E-state index is 12.3. The van der Waals surface area contributed by atoms with Gasteiger partial charge in [-0.2, -0.15) is 0 Å². The van der Waals surface area contributed by atoms with Gasteiger partial charge < -0.3 is 33.6 Å². The summed E-state index contributed by atoms with van der Waals surface area (Å²) in [7, 11) is 0. The Morgan fingerprint density at radius 1 is 0.816 bits per heavy atom. The molecule has 0 aliphatic carbocycles. The van der Waals surface area contributed by atoms with Crippen molar-refractivity contribution in [2.45, 2.75) is 124 Å². The maximum Gasteiger partial charge on any atom is 0.224 e. The number of pyridine rings is 1. The third-order valence-corrected chi connectivity index (χ3v) is 7.32. The monoisotopic (exact) mass is 656 g/mol. The minimum atomic E-state index is -0.0145. The summed E-state index contributed by atoms with van der Waals surface area (Å²) in [6.07, 6.45) is 22.9. The van der Waals surface area contributed by atoms with Crippen LogP contribution in [0.25, 0.3) is 0 Å². The summed E-state index contributed by atoms with van der Waals surface area (Å²) >= 11 is 6.52. The molecule has 6 heteroatoms. The zero-order chi connectivity index (χ0) is 26.7. The van der Waals surface area contributed by atoms with Gasteiger partial charge in [-0.1, -0.05) is 102 Å². The summed E-state index contributed by atoms with van der Waals surface area (Å²) in [6, 6.07) is 9.74. The number of nitrogens with zero attached hydrogens (tertiary/aromatic N) is 2. The number of amides is 1. The normalized spacial score (nSPS) is 10.7. The molecule has 4 nitrogen and oxygen atoms in total. The minimum Gasteiger partial charge on any atom is -1.00 e. The Morgan fingerprint density at radius 3 is 1.82 bits per heavy atom. The van der Waals surface area contributed by atoms with Crippen molar-refractivity contribution in [2.24, 2.45) is 0 Å². The number of hydrogen-bond donors (Lipinski definition) is 0. The van der Waals surface area contributed by atoms with Crippen molar-refractivity contribution in [2.75, 3.05) is 11.5 Å². The SMILES string of the molecule is CCCCCCCCCCCCCCCCOc1ccc(N(Cc2cc[n+](CC)cc2)C(C)=O)cc1Cl.[I-]. The van der Waals surface area contributed by atoms with Gasteiger partial charge >= 0.3 is 0 Å². The van der Waals surface area contributed by atoms with Gasteiger partial charge in [-0.3, -0.25) is 4.79 Å². The molecule has 1 heterocycles. The van der Waals surface area contributed by atoms with Crippen LogP contribution in [0.3, 0.4) is 0 Å². The minimum absolute atomic E-state index is 0. The van der Waals surface area contributed by atoms with Crippen molar-refractivity contribution in [3.05, 3.63) is 53.3 Å². The van der Waals surface area contributed by atoms with Crippen LogP contribution in [0.2, 0.25) is 5.02 Å². The second-order valence-electron chi connectivity index (χ2n) is 10.2. The van der Waals surface area contributed by atoms with Crippen LogP contribution in [0.15, 0.2) is 42.7 Å². The summed E-state index contributed by atoms with van der Waals surface area (Å²) in [5, 5.41) is 0.547. The van der Waals surface area contributed by atoms with Gasteiger partial charge in [-0.05, 0) is 37.1 Å². The van der Waals surface area contributed by atoms with Crippen molar-refractivity contribution in [3.63, 3.8) is 0 Å². The maximum absolute atomic E-state index is 12.3. The highest BCUT2D eigenvalue weighted by molar-refractivity contribution is 6.32. The number of carbonyl (C=O) groups excluding carboxylic acids is 1. The lowest BCUT2D eigenvalue weighted by Gasteiger charge is -2.22. The predicted octanol–water partition coefficient (Wildman–Crippen LogP) is 6.06. The molecule has 0 unspecified atom stereocenters. The topological polar surface area (TPSA) is 33.4 Å². The number of unbranched alkanes of at least 4 members (excludes halogenated alkanes) is 13. The van der Waals surface area contributed by atoms with Crippen LogP contribution >= 0.6 is 11.6 Å². The van der Waals surface area contributed by atoms with E-state index in [0.29, 0.717) is 23.9 Å². The Morgan fingerprint density at radius 2 is 1.34 bits per heavy atom. The highest BCUT2D eigenvalue weighted by Crippen LogP contribution is 2.30. The second kappa shape index (κ2) is 21.5. The van der Waals surface area contributed by atoms with Gasteiger partial charge in [0, 0.05) is 24.7 Å². The molecule has 0 N–H and O–H groups in total. The average Bonchev–Trinajstić information content (AvgIpc) is 2.90. The molecule has 0 saturated carbocycles. The summed E-state index contributed by atoms with van der Waals surface area (Å²) in [5.41, 5.74) is 1.86. The van der Waals surface area contributed by atoms with Crippen LogP contribution < -0.4 is 38.2 Å². The molecule has 0 bridgehead atoms. The Bertz CT molecular complexity index is 892. The fourth-order valence-electron chi connectivity index (χ4n) is 4.62. The van der Waals surface area contributed by atoms with Crippen molar-refractivity contribution >= 4 is 23.2 Å². The summed E-state index contributed by atoms with van der Waals surface area (Å²) in [6.45, 7) is 8.08. The van der Waals surface area contributed by atoms with E-state index in [1.807, 2.05) is 30.6 Å². The van der Waals surface area contributed by atoms with E-state index in [2.05, 4.69) is 30.5 Å². The molecule has 0 fully saturated rings. The van der Waals surface area contributed by atoms with Crippen molar-refractivity contribution in [1.82, 2.24) is 0 Å². The van der Waals surface area contributed by atoms with Crippen molar-refractivity contribution in [1.29, 1.82) is 0 Å². The third kappa shape index (κ3) is 14.2. The number of hydrogen-bond acceptors (Lipinski definition) is 2. The van der Waals surface area contributed by atoms with E-state index >= 15 is 0 Å². The first-order valence-electron chi connectivity index (χ1n) is 14.7. The molecule has 0 radical (unpaired) electrons. The lowest BCUT2D eigenvalue weighted by molar-refractivity contribution is -0.693. The standard InChI is InChI=1S/C32H50ClN2O2.HI/c1-4-6-7-8-9-10-11-12-13-14-15-16-17-18-25-37-32-20-19-30(26-31(32)33)35(28(3)36)27-29-21-23-34(5-2)24-22-29;/h19-24,26H,4-18,25,27H2,1-3H3;1H/q+1;/p-1. The van der Waals surface area contributed by atoms with E-state index in [1.54, 1.807) is 11.8 Å². The number of ether oxygens (including phenoxy) is 1. The van der Waals surface area contributed by atoms with Gasteiger partial charge in [0.25, 0.3) is 0 Å². The van der Waals surface area contributed by atoms with Gasteiger partial charge in [0.2, 0.25) is 5.91 Å². The first-order chi connectivity index (χ1) is 18.0. The largest absolute Gasteiger partial charge is 1.00 e. The van der Waals surface area contributed by atoms with E-state index in [4.69, 9.17) is 16.3 Å². The van der Waals surface area contributed by atoms with E-state index < -0.39 is 0 Å². The molecule has 1 aromatic carbocycles.